The Balaban J connectivity index is 0. The van der Waals surface area contributed by atoms with Gasteiger partial charge < -0.3 is 0 Å². The summed E-state index contributed by atoms with van der Waals surface area (Å²) < 4.78 is 6.76. The quantitative estimate of drug-likeness (QED) is 0.304. The summed E-state index contributed by atoms with van der Waals surface area (Å²) in [6.07, 6.45) is 0. The van der Waals surface area contributed by atoms with Gasteiger partial charge in [-0.2, -0.15) is 0 Å². The Kier molecular flexibility index (Phi) is 5.26. The van der Waals surface area contributed by atoms with E-state index in [9.17, 15) is 0 Å². The molecule has 1 fully saturated rings. The van der Waals surface area contributed by atoms with Crippen molar-refractivity contribution in [2.45, 2.75) is 0 Å². The van der Waals surface area contributed by atoms with Gasteiger partial charge in [0.05, 0.1) is 0 Å². The minimum atomic E-state index is -4.80. The van der Waals surface area contributed by atoms with Gasteiger partial charge in [-0.05, 0) is 0 Å². The molecule has 1 heterocycles. The van der Waals surface area contributed by atoms with E-state index in [0.717, 1.165) is 0 Å². The second-order valence-electron chi connectivity index (χ2n) is 0.982. The second-order valence-corrected chi connectivity index (χ2v) is 2.95. The van der Waals surface area contributed by atoms with Gasteiger partial charge in [-0.3, -0.25) is 0 Å². The van der Waals surface area contributed by atoms with Crippen molar-refractivity contribution in [1.82, 2.24) is 0 Å². The molecular weight excluding hydrogens is 289 g/mol. The average molecular weight is 292 g/mol. The van der Waals surface area contributed by atoms with Crippen LogP contribution in [0.2, 0.25) is 0 Å². The van der Waals surface area contributed by atoms with Gasteiger partial charge in [0.2, 0.25) is 0 Å². The second kappa shape index (κ2) is 3.22. The van der Waals surface area contributed by atoms with E-state index in [1.165, 1.54) is 0 Å². The number of hydrogen-bond acceptors (Lipinski definition) is 5. The van der Waals surface area contributed by atoms with E-state index in [1.807, 2.05) is 0 Å². The summed E-state index contributed by atoms with van der Waals surface area (Å²) in [7, 11) is -4.80. The molecule has 8 heteroatoms. The molecule has 0 amide bonds. The third kappa shape index (κ3) is 5.24. The Morgan fingerprint density at radius 1 is 0.875 bits per heavy atom. The molecule has 0 atom stereocenters. The van der Waals surface area contributed by atoms with Crippen molar-refractivity contribution < 1.29 is 89.4 Å². The molecule has 1 saturated heterocycles. The Bertz CT molecular complexity index is 74.2. The molecule has 0 aliphatic carbocycles. The van der Waals surface area contributed by atoms with E-state index in [1.54, 1.807) is 0 Å². The Morgan fingerprint density at radius 2 is 1.00 bits per heavy atom. The fraction of sp³-hybridized carbons (Fsp3) is 0. The first-order valence-electron chi connectivity index (χ1n) is 1.13. The van der Waals surface area contributed by atoms with E-state index in [-0.39, 0.29) is 65.4 Å². The van der Waals surface area contributed by atoms with Crippen LogP contribution in [-0.2, 0) is 74.8 Å². The topological polar surface area (TPSA) is 85.8 Å². The maximum atomic E-state index is 7.89. The molecule has 0 saturated carbocycles. The van der Waals surface area contributed by atoms with Crippen LogP contribution in [0.5, 0.6) is 0 Å². The summed E-state index contributed by atoms with van der Waals surface area (Å²) >= 11 is 0. The van der Waals surface area contributed by atoms with Gasteiger partial charge in [0.1, 0.15) is 0 Å². The molecule has 0 spiro atoms. The predicted molar refractivity (Wildman–Crippen MR) is 15.7 cm³/mol. The number of rotatable bonds is 0. The molecule has 8 heavy (non-hydrogen) atoms. The molecule has 0 unspecified atom stereocenters. The number of hydrogen-bond donors (Lipinski definition) is 3. The zero-order valence-corrected chi connectivity index (χ0v) is 10.3. The van der Waals surface area contributed by atoms with Crippen molar-refractivity contribution in [3.63, 3.8) is 0 Å². The van der Waals surface area contributed by atoms with Gasteiger partial charge in [0.15, 0.2) is 0 Å². The van der Waals surface area contributed by atoms with Crippen molar-refractivity contribution >= 4 is 7.74 Å². The fourth-order valence-electron chi connectivity index (χ4n) is 0.0447. The van der Waals surface area contributed by atoms with Crippen LogP contribution in [0.15, 0.2) is 0 Å². The molecule has 1 rings (SSSR count). The molecule has 1 aliphatic rings. The smallest absolute Gasteiger partial charge is 0 e. The minimum absolute atomic E-state index is 0. The van der Waals surface area contributed by atoms with Crippen molar-refractivity contribution in [1.29, 1.82) is 0 Å². The maximum absolute atomic E-state index is 7.89. The molecule has 5 nitrogen and oxygen atoms in total. The summed E-state index contributed by atoms with van der Waals surface area (Å²) in [5, 5.41) is 0. The van der Waals surface area contributed by atoms with Crippen LogP contribution in [0.1, 0.15) is 0 Å². The zero-order chi connectivity index (χ0) is 4.86. The molecule has 0 bridgehead atoms. The Labute approximate surface area is 95.8 Å². The van der Waals surface area contributed by atoms with Crippen LogP contribution in [0, 0.1) is 0 Å². The van der Waals surface area contributed by atoms with Crippen molar-refractivity contribution in [3.05, 3.63) is 0 Å². The predicted octanol–water partition coefficient (Wildman–Crippen LogP) is -0.952. The van der Waals surface area contributed by atoms with Crippen LogP contribution in [0.3, 0.4) is 0 Å². The zero-order valence-electron chi connectivity index (χ0n) is 3.76. The van der Waals surface area contributed by atoms with Gasteiger partial charge in [-0.1, -0.05) is 0 Å². The largest absolute Gasteiger partial charge is 0 e. The van der Waals surface area contributed by atoms with E-state index in [0.29, 0.717) is 0 Å². The minimum Gasteiger partial charge on any atom is 0 e. The van der Waals surface area contributed by atoms with Crippen molar-refractivity contribution in [2.24, 2.45) is 0 Å². The van der Waals surface area contributed by atoms with Gasteiger partial charge in [-0.15, -0.1) is 0 Å². The first kappa shape index (κ1) is 13.1. The Morgan fingerprint density at radius 3 is 1.00 bits per heavy atom. The van der Waals surface area contributed by atoms with Crippen LogP contribution in [0.25, 0.3) is 0 Å². The summed E-state index contributed by atoms with van der Waals surface area (Å²) in [4.78, 5) is 23.7. The monoisotopic (exact) mass is 292 g/mol. The van der Waals surface area contributed by atoms with Gasteiger partial charge >= 0.3 is 31.8 Å². The molecule has 0 aromatic heterocycles. The third-order valence-electron chi connectivity index (χ3n) is 0.275. The van der Waals surface area contributed by atoms with Crippen molar-refractivity contribution in [3.8, 4) is 0 Å². The van der Waals surface area contributed by atoms with E-state index in [2.05, 4.69) is 9.35 Å². The normalized spacial score (nSPS) is 32.1. The summed E-state index contributed by atoms with van der Waals surface area (Å²) in [5.41, 5.74) is 0. The summed E-state index contributed by atoms with van der Waals surface area (Å²) in [5.74, 6) is 0. The molecule has 3 N–H and O–H groups in total. The van der Waals surface area contributed by atoms with Gasteiger partial charge in [0, 0.05) is 65.4 Å². The molecule has 1 aliphatic heterocycles. The Hall–Kier alpha value is 2.44. The SMILES string of the molecule is OP1(O)(O)OO1.[Y].[Y]. The molecule has 0 aromatic carbocycles. The molecule has 44 valence electrons. The molecule has 2 radical (unpaired) electrons. The van der Waals surface area contributed by atoms with Crippen LogP contribution in [0.4, 0.5) is 0 Å². The van der Waals surface area contributed by atoms with Gasteiger partial charge in [-0.25, -0.2) is 0 Å². The first-order valence-corrected chi connectivity index (χ1v) is 3.06. The maximum Gasteiger partial charge on any atom is 0 e. The van der Waals surface area contributed by atoms with Gasteiger partial charge in [0.25, 0.3) is 0 Å². The fourth-order valence-corrected chi connectivity index (χ4v) is 0.402. The van der Waals surface area contributed by atoms with Crippen LogP contribution >= 0.6 is 7.74 Å². The first-order chi connectivity index (χ1) is 2.47. The van der Waals surface area contributed by atoms with Crippen LogP contribution in [-0.4, -0.2) is 14.7 Å². The van der Waals surface area contributed by atoms with Crippen molar-refractivity contribution in [2.75, 3.05) is 0 Å². The average Bonchev–Trinajstić information content (AvgIpc) is 1.73. The van der Waals surface area contributed by atoms with E-state index in [4.69, 9.17) is 14.7 Å². The third-order valence-corrected chi connectivity index (χ3v) is 0.824. The summed E-state index contributed by atoms with van der Waals surface area (Å²) in [6.45, 7) is 0. The van der Waals surface area contributed by atoms with E-state index < -0.39 is 7.74 Å². The standard InChI is InChI=1S/H3O5P.2Y/c1-6(2,3)4-5-6;;/h1-3H;;. The molecular formula is H3O5PY2. The molecule has 0 aromatic rings. The summed E-state index contributed by atoms with van der Waals surface area (Å²) in [6, 6.07) is 0. The van der Waals surface area contributed by atoms with E-state index >= 15 is 0 Å². The van der Waals surface area contributed by atoms with Crippen LogP contribution < -0.4 is 0 Å².